The Kier molecular flexibility index (Phi) is 0.670. The van der Waals surface area contributed by atoms with Crippen LogP contribution >= 0.6 is 0 Å². The number of ether oxygens (including phenoxy) is 2. The highest BCUT2D eigenvalue weighted by atomic mass is 19.2. The molecule has 0 saturated heterocycles. The van der Waals surface area contributed by atoms with Crippen molar-refractivity contribution in [1.82, 2.24) is 0 Å². The van der Waals surface area contributed by atoms with Crippen LogP contribution in [0, 0.1) is 0 Å². The maximum Gasteiger partial charge on any atom is 0.396 e. The van der Waals surface area contributed by atoms with Crippen LogP contribution in [-0.4, -0.2) is 6.54 Å². The average molecular weight is 90.1 g/mol. The molecule has 0 fully saturated rings. The SMILES string of the molecule is FC1OC=CO1. The Morgan fingerprint density at radius 3 is 2.00 bits per heavy atom. The molecule has 0 aromatic heterocycles. The van der Waals surface area contributed by atoms with Crippen molar-refractivity contribution in [1.29, 1.82) is 0 Å². The van der Waals surface area contributed by atoms with Crippen LogP contribution in [0.5, 0.6) is 0 Å². The molecule has 0 amide bonds. The monoisotopic (exact) mass is 90.0 g/mol. The summed E-state index contributed by atoms with van der Waals surface area (Å²) < 4.78 is 19.6. The summed E-state index contributed by atoms with van der Waals surface area (Å²) >= 11 is 0. The summed E-state index contributed by atoms with van der Waals surface area (Å²) in [5, 5.41) is 0. The van der Waals surface area contributed by atoms with Gasteiger partial charge in [0.15, 0.2) is 0 Å². The van der Waals surface area contributed by atoms with Crippen molar-refractivity contribution in [3.05, 3.63) is 12.5 Å². The van der Waals surface area contributed by atoms with Gasteiger partial charge in [-0.15, -0.1) is 0 Å². The molecule has 1 rings (SSSR count). The molecule has 1 aliphatic heterocycles. The van der Waals surface area contributed by atoms with E-state index in [2.05, 4.69) is 9.47 Å². The maximum atomic E-state index is 11.4. The molecule has 0 atom stereocenters. The molecule has 0 aliphatic carbocycles. The zero-order valence-corrected chi connectivity index (χ0v) is 2.93. The lowest BCUT2D eigenvalue weighted by atomic mass is 11.1. The highest BCUT2D eigenvalue weighted by Gasteiger charge is 2.05. The Morgan fingerprint density at radius 1 is 1.33 bits per heavy atom. The van der Waals surface area contributed by atoms with E-state index in [-0.39, 0.29) is 0 Å². The second kappa shape index (κ2) is 1.16. The lowest BCUT2D eigenvalue weighted by Crippen LogP contribution is -1.94. The highest BCUT2D eigenvalue weighted by Crippen LogP contribution is 2.03. The van der Waals surface area contributed by atoms with Gasteiger partial charge in [-0.3, -0.25) is 0 Å². The van der Waals surface area contributed by atoms with E-state index < -0.39 is 6.54 Å². The first kappa shape index (κ1) is 3.46. The third-order valence-electron chi connectivity index (χ3n) is 0.427. The first-order valence-electron chi connectivity index (χ1n) is 1.49. The molecule has 0 spiro atoms. The Bertz CT molecular complexity index is 63.2. The Balaban J connectivity index is 2.32. The molecule has 0 unspecified atom stereocenters. The molecular weight excluding hydrogens is 87.0 g/mol. The Morgan fingerprint density at radius 2 is 1.83 bits per heavy atom. The van der Waals surface area contributed by atoms with Crippen LogP contribution in [0.2, 0.25) is 0 Å². The molecule has 34 valence electrons. The van der Waals surface area contributed by atoms with E-state index in [1.807, 2.05) is 0 Å². The standard InChI is InChI=1S/C3H3FO2/c4-3-5-1-2-6-3/h1-3H. The third kappa shape index (κ3) is 0.429. The van der Waals surface area contributed by atoms with Crippen molar-refractivity contribution in [2.75, 3.05) is 0 Å². The van der Waals surface area contributed by atoms with E-state index >= 15 is 0 Å². The average Bonchev–Trinajstić information content (AvgIpc) is 1.86. The van der Waals surface area contributed by atoms with Crippen LogP contribution in [-0.2, 0) is 9.47 Å². The Hall–Kier alpha value is -0.730. The van der Waals surface area contributed by atoms with Gasteiger partial charge in [0.2, 0.25) is 0 Å². The molecule has 0 aromatic rings. The van der Waals surface area contributed by atoms with Crippen molar-refractivity contribution in [2.45, 2.75) is 6.54 Å². The molecule has 1 heterocycles. The zero-order chi connectivity index (χ0) is 4.41. The summed E-state index contributed by atoms with van der Waals surface area (Å²) in [6.07, 6.45) is 2.31. The topological polar surface area (TPSA) is 18.5 Å². The molecule has 0 N–H and O–H groups in total. The lowest BCUT2D eigenvalue weighted by molar-refractivity contribution is -0.123. The van der Waals surface area contributed by atoms with Gasteiger partial charge in [-0.05, 0) is 0 Å². The van der Waals surface area contributed by atoms with Gasteiger partial charge in [-0.1, -0.05) is 0 Å². The van der Waals surface area contributed by atoms with Gasteiger partial charge < -0.3 is 9.47 Å². The van der Waals surface area contributed by atoms with Crippen molar-refractivity contribution in [2.24, 2.45) is 0 Å². The number of hydrogen-bond donors (Lipinski definition) is 0. The third-order valence-corrected chi connectivity index (χ3v) is 0.427. The van der Waals surface area contributed by atoms with Gasteiger partial charge in [0.05, 0.1) is 0 Å². The first-order valence-corrected chi connectivity index (χ1v) is 1.49. The number of halogens is 1. The quantitative estimate of drug-likeness (QED) is 0.437. The van der Waals surface area contributed by atoms with Gasteiger partial charge in [-0.25, -0.2) is 0 Å². The fraction of sp³-hybridized carbons (Fsp3) is 0.333. The smallest absolute Gasteiger partial charge is 0.396 e. The van der Waals surface area contributed by atoms with Crippen molar-refractivity contribution < 1.29 is 13.9 Å². The Labute approximate surface area is 34.2 Å². The molecule has 1 aliphatic rings. The molecule has 3 heteroatoms. The highest BCUT2D eigenvalue weighted by molar-refractivity contribution is 4.65. The normalized spacial score (nSPS) is 20.2. The van der Waals surface area contributed by atoms with Crippen LogP contribution in [0.4, 0.5) is 4.39 Å². The molecule has 0 aromatic carbocycles. The second-order valence-corrected chi connectivity index (χ2v) is 0.819. The second-order valence-electron chi connectivity index (χ2n) is 0.819. The number of rotatable bonds is 0. The summed E-state index contributed by atoms with van der Waals surface area (Å²) in [6, 6.07) is 0. The summed E-state index contributed by atoms with van der Waals surface area (Å²) in [4.78, 5) is 0. The van der Waals surface area contributed by atoms with E-state index in [4.69, 9.17) is 0 Å². The molecule has 0 saturated carbocycles. The van der Waals surface area contributed by atoms with E-state index in [0.717, 1.165) is 12.5 Å². The molecule has 2 nitrogen and oxygen atoms in total. The van der Waals surface area contributed by atoms with E-state index in [9.17, 15) is 4.39 Å². The summed E-state index contributed by atoms with van der Waals surface area (Å²) in [5.74, 6) is 0. The summed E-state index contributed by atoms with van der Waals surface area (Å²) in [5.41, 5.74) is 0. The van der Waals surface area contributed by atoms with Crippen molar-refractivity contribution >= 4 is 0 Å². The van der Waals surface area contributed by atoms with Crippen LogP contribution in [0.25, 0.3) is 0 Å². The van der Waals surface area contributed by atoms with Crippen LogP contribution in [0.3, 0.4) is 0 Å². The van der Waals surface area contributed by atoms with Crippen LogP contribution in [0.1, 0.15) is 0 Å². The minimum absolute atomic E-state index is 1.16. The summed E-state index contributed by atoms with van der Waals surface area (Å²) in [7, 11) is 0. The molecule has 6 heavy (non-hydrogen) atoms. The van der Waals surface area contributed by atoms with E-state index in [1.165, 1.54) is 0 Å². The first-order chi connectivity index (χ1) is 2.89. The molecule has 0 bridgehead atoms. The van der Waals surface area contributed by atoms with E-state index in [1.54, 1.807) is 0 Å². The van der Waals surface area contributed by atoms with Crippen molar-refractivity contribution in [3.63, 3.8) is 0 Å². The largest absolute Gasteiger partial charge is 0.434 e. The van der Waals surface area contributed by atoms with Gasteiger partial charge in [0.1, 0.15) is 12.5 Å². The maximum absolute atomic E-state index is 11.4. The zero-order valence-electron chi connectivity index (χ0n) is 2.93. The van der Waals surface area contributed by atoms with Gasteiger partial charge >= 0.3 is 6.54 Å². The van der Waals surface area contributed by atoms with Gasteiger partial charge in [-0.2, -0.15) is 4.39 Å². The minimum Gasteiger partial charge on any atom is -0.434 e. The fourth-order valence-electron chi connectivity index (χ4n) is 0.220. The van der Waals surface area contributed by atoms with Crippen LogP contribution < -0.4 is 0 Å². The lowest BCUT2D eigenvalue weighted by Gasteiger charge is -1.93. The molecular formula is C3H3FO2. The van der Waals surface area contributed by atoms with Crippen molar-refractivity contribution in [3.8, 4) is 0 Å². The van der Waals surface area contributed by atoms with Crippen LogP contribution in [0.15, 0.2) is 12.5 Å². The van der Waals surface area contributed by atoms with Gasteiger partial charge in [0, 0.05) is 0 Å². The van der Waals surface area contributed by atoms with Gasteiger partial charge in [0.25, 0.3) is 0 Å². The fourth-order valence-corrected chi connectivity index (χ4v) is 0.220. The predicted molar refractivity (Wildman–Crippen MR) is 16.2 cm³/mol. The molecule has 0 radical (unpaired) electrons. The number of hydrogen-bond acceptors (Lipinski definition) is 2. The summed E-state index contributed by atoms with van der Waals surface area (Å²) in [6.45, 7) is -1.56. The van der Waals surface area contributed by atoms with E-state index in [0.29, 0.717) is 0 Å². The number of alkyl halides is 1. The predicted octanol–water partition coefficient (Wildman–Crippen LogP) is 0.757. The minimum atomic E-state index is -1.56.